The first kappa shape index (κ1) is 24.0. The van der Waals surface area contributed by atoms with Gasteiger partial charge in [-0.05, 0) is 50.0 Å². The molecule has 4 rings (SSSR count). The lowest BCUT2D eigenvalue weighted by molar-refractivity contribution is -0.147. The average molecular weight is 481 g/mol. The summed E-state index contributed by atoms with van der Waals surface area (Å²) in [5, 5.41) is 0.588. The van der Waals surface area contributed by atoms with Gasteiger partial charge in [0.2, 0.25) is 5.88 Å². The minimum absolute atomic E-state index is 0.0328. The number of carbonyl (C=O) groups is 1. The van der Waals surface area contributed by atoms with Gasteiger partial charge in [0.1, 0.15) is 5.69 Å². The van der Waals surface area contributed by atoms with E-state index in [1.54, 1.807) is 13.3 Å². The van der Waals surface area contributed by atoms with E-state index in [0.29, 0.717) is 23.1 Å². The highest BCUT2D eigenvalue weighted by Gasteiger charge is 2.26. The number of hydrogen-bond acceptors (Lipinski definition) is 7. The summed E-state index contributed by atoms with van der Waals surface area (Å²) in [4.78, 5) is 23.4. The fourth-order valence-electron chi connectivity index (χ4n) is 4.39. The molecular weight excluding hydrogens is 452 g/mol. The monoisotopic (exact) mass is 480 g/mol. The zero-order valence-corrected chi connectivity index (χ0v) is 20.4. The van der Waals surface area contributed by atoms with Crippen molar-refractivity contribution in [2.75, 3.05) is 33.0 Å². The van der Waals surface area contributed by atoms with Crippen molar-refractivity contribution in [1.29, 1.82) is 0 Å². The van der Waals surface area contributed by atoms with Gasteiger partial charge in [-0.15, -0.1) is 0 Å². The number of ether oxygens (including phenoxy) is 2. The quantitative estimate of drug-likeness (QED) is 0.402. The number of rotatable bonds is 6. The molecule has 1 fully saturated rings. The van der Waals surface area contributed by atoms with E-state index in [-0.39, 0.29) is 11.9 Å². The molecule has 1 aliphatic heterocycles. The van der Waals surface area contributed by atoms with Gasteiger partial charge in [-0.3, -0.25) is 14.7 Å². The Morgan fingerprint density at radius 2 is 1.79 bits per heavy atom. The number of aromatic nitrogens is 2. The van der Waals surface area contributed by atoms with E-state index in [1.807, 2.05) is 43.3 Å². The van der Waals surface area contributed by atoms with Crippen LogP contribution in [0.5, 0.6) is 5.88 Å². The highest BCUT2D eigenvalue weighted by atomic mass is 35.5. The Kier molecular flexibility index (Phi) is 7.34. The second-order valence-corrected chi connectivity index (χ2v) is 8.85. The second-order valence-electron chi connectivity index (χ2n) is 8.47. The Hall–Kier alpha value is -3.16. The predicted molar refractivity (Wildman–Crippen MR) is 134 cm³/mol. The van der Waals surface area contributed by atoms with Crippen LogP contribution in [0.25, 0.3) is 22.4 Å². The first-order chi connectivity index (χ1) is 16.4. The molecule has 2 N–H and O–H groups in total. The van der Waals surface area contributed by atoms with Crippen LogP contribution in [0.1, 0.15) is 24.1 Å². The van der Waals surface area contributed by atoms with Crippen molar-refractivity contribution in [3.05, 3.63) is 58.9 Å². The highest BCUT2D eigenvalue weighted by molar-refractivity contribution is 6.36. The molecule has 8 heteroatoms. The molecule has 1 aliphatic rings. The van der Waals surface area contributed by atoms with Crippen LogP contribution in [-0.2, 0) is 16.1 Å². The first-order valence-electron chi connectivity index (χ1n) is 11.3. The van der Waals surface area contributed by atoms with Crippen LogP contribution in [0.3, 0.4) is 0 Å². The van der Waals surface area contributed by atoms with Gasteiger partial charge in [0.05, 0.1) is 37.1 Å². The van der Waals surface area contributed by atoms with E-state index in [2.05, 4.69) is 9.88 Å². The number of nitrogen functional groups attached to an aromatic ring is 1. The first-order valence-corrected chi connectivity index (χ1v) is 11.6. The minimum Gasteiger partial charge on any atom is -0.480 e. The molecule has 178 valence electrons. The number of piperidine rings is 1. The maximum atomic E-state index is 11.8. The molecule has 0 amide bonds. The Morgan fingerprint density at radius 1 is 1.12 bits per heavy atom. The summed E-state index contributed by atoms with van der Waals surface area (Å²) in [6, 6.07) is 11.7. The summed E-state index contributed by atoms with van der Waals surface area (Å²) in [5.41, 5.74) is 11.9. The van der Waals surface area contributed by atoms with Gasteiger partial charge in [-0.25, -0.2) is 4.98 Å². The number of nitrogens with zero attached hydrogens (tertiary/aromatic N) is 3. The number of likely N-dealkylation sites (tertiary alicyclic amines) is 1. The summed E-state index contributed by atoms with van der Waals surface area (Å²) >= 11 is 6.85. The van der Waals surface area contributed by atoms with Crippen LogP contribution in [0.4, 0.5) is 5.69 Å². The molecular formula is C26H29ClN4O3. The third kappa shape index (κ3) is 4.86. The van der Waals surface area contributed by atoms with E-state index in [0.717, 1.165) is 59.6 Å². The number of methoxy groups -OCH3 is 2. The van der Waals surface area contributed by atoms with Crippen LogP contribution in [-0.4, -0.2) is 48.1 Å². The lowest BCUT2D eigenvalue weighted by Crippen LogP contribution is -2.36. The topological polar surface area (TPSA) is 90.6 Å². The normalized spacial score (nSPS) is 14.7. The number of benzene rings is 2. The molecule has 0 unspecified atom stereocenters. The zero-order valence-electron chi connectivity index (χ0n) is 19.7. The van der Waals surface area contributed by atoms with Crippen molar-refractivity contribution < 1.29 is 14.3 Å². The maximum Gasteiger partial charge on any atom is 0.308 e. The fraction of sp³-hybridized carbons (Fsp3) is 0.346. The van der Waals surface area contributed by atoms with Gasteiger partial charge >= 0.3 is 5.97 Å². The maximum absolute atomic E-state index is 11.8. The molecule has 2 heterocycles. The Morgan fingerprint density at radius 3 is 2.50 bits per heavy atom. The molecule has 0 bridgehead atoms. The van der Waals surface area contributed by atoms with Crippen LogP contribution in [0.15, 0.2) is 42.6 Å². The van der Waals surface area contributed by atoms with E-state index in [9.17, 15) is 4.79 Å². The third-order valence-electron chi connectivity index (χ3n) is 6.44. The van der Waals surface area contributed by atoms with Crippen LogP contribution < -0.4 is 10.5 Å². The third-order valence-corrected chi connectivity index (χ3v) is 6.85. The number of carbonyl (C=O) groups excluding carboxylic acids is 1. The van der Waals surface area contributed by atoms with Crippen molar-refractivity contribution in [2.24, 2.45) is 5.92 Å². The molecule has 2 aromatic carbocycles. The Labute approximate surface area is 204 Å². The molecule has 0 atom stereocenters. The van der Waals surface area contributed by atoms with E-state index in [4.69, 9.17) is 31.8 Å². The molecule has 1 aromatic heterocycles. The predicted octanol–water partition coefficient (Wildman–Crippen LogP) is 4.75. The van der Waals surface area contributed by atoms with Crippen molar-refractivity contribution in [1.82, 2.24) is 14.9 Å². The van der Waals surface area contributed by atoms with Gasteiger partial charge in [0, 0.05) is 23.4 Å². The second kappa shape index (κ2) is 10.4. The van der Waals surface area contributed by atoms with Crippen LogP contribution >= 0.6 is 11.6 Å². The zero-order chi connectivity index (χ0) is 24.2. The number of halogens is 1. The number of hydrogen-bond donors (Lipinski definition) is 1. The molecule has 0 spiro atoms. The summed E-state index contributed by atoms with van der Waals surface area (Å²) in [6.45, 7) is 4.17. The van der Waals surface area contributed by atoms with Gasteiger partial charge in [0.25, 0.3) is 0 Å². The van der Waals surface area contributed by atoms with Crippen molar-refractivity contribution in [2.45, 2.75) is 26.3 Å². The van der Waals surface area contributed by atoms with E-state index < -0.39 is 0 Å². The highest BCUT2D eigenvalue weighted by Crippen LogP contribution is 2.38. The summed E-state index contributed by atoms with van der Waals surface area (Å²) in [6.07, 6.45) is 3.27. The summed E-state index contributed by atoms with van der Waals surface area (Å²) in [5.74, 6) is 0.303. The lowest BCUT2D eigenvalue weighted by Gasteiger charge is -2.30. The van der Waals surface area contributed by atoms with Gasteiger partial charge in [-0.2, -0.15) is 0 Å². The van der Waals surface area contributed by atoms with Gasteiger partial charge in [-0.1, -0.05) is 41.9 Å². The fourth-order valence-corrected chi connectivity index (χ4v) is 4.71. The number of nitrogens with two attached hydrogens (primary N) is 1. The van der Waals surface area contributed by atoms with E-state index >= 15 is 0 Å². The SMILES string of the molecule is COC(=O)C1CCN(Cc2ncc(-c3cccc(-c4cccc(N)c4C)c3Cl)nc2OC)CC1. The minimum atomic E-state index is -0.131. The summed E-state index contributed by atoms with van der Waals surface area (Å²) in [7, 11) is 3.03. The molecule has 3 aromatic rings. The molecule has 34 heavy (non-hydrogen) atoms. The van der Waals surface area contributed by atoms with Gasteiger partial charge in [0.15, 0.2) is 0 Å². The van der Waals surface area contributed by atoms with Crippen LogP contribution in [0, 0.1) is 12.8 Å². The molecule has 1 saturated heterocycles. The Bertz CT molecular complexity index is 1190. The van der Waals surface area contributed by atoms with Crippen molar-refractivity contribution in [3.63, 3.8) is 0 Å². The number of esters is 1. The average Bonchev–Trinajstić information content (AvgIpc) is 2.86. The smallest absolute Gasteiger partial charge is 0.308 e. The van der Waals surface area contributed by atoms with Crippen LogP contribution in [0.2, 0.25) is 5.02 Å². The molecule has 0 saturated carbocycles. The summed E-state index contributed by atoms with van der Waals surface area (Å²) < 4.78 is 10.5. The lowest BCUT2D eigenvalue weighted by atomic mass is 9.96. The Balaban J connectivity index is 1.58. The molecule has 7 nitrogen and oxygen atoms in total. The molecule has 0 aliphatic carbocycles. The van der Waals surface area contributed by atoms with E-state index in [1.165, 1.54) is 7.11 Å². The largest absolute Gasteiger partial charge is 0.480 e. The van der Waals surface area contributed by atoms with Crippen molar-refractivity contribution >= 4 is 23.3 Å². The molecule has 0 radical (unpaired) electrons. The van der Waals surface area contributed by atoms with Gasteiger partial charge < -0.3 is 15.2 Å². The number of anilines is 1. The van der Waals surface area contributed by atoms with Crippen molar-refractivity contribution in [3.8, 4) is 28.3 Å². The standard InChI is InChI=1S/C26H29ClN4O3/c1-16-18(6-5-9-21(16)28)19-7-4-8-20(24(19)27)22-14-29-23(25(30-22)33-2)15-31-12-10-17(11-13-31)26(32)34-3/h4-9,14,17H,10-13,15,28H2,1-3H3.